The summed E-state index contributed by atoms with van der Waals surface area (Å²) in [6.45, 7) is 7.19. The quantitative estimate of drug-likeness (QED) is 0.886. The number of hydrogen-bond donors (Lipinski definition) is 1. The second-order valence-electron chi connectivity index (χ2n) is 5.34. The van der Waals surface area contributed by atoms with Gasteiger partial charge in [-0.15, -0.1) is 0 Å². The molecule has 1 amide bonds. The predicted octanol–water partition coefficient (Wildman–Crippen LogP) is 2.67. The van der Waals surface area contributed by atoms with Crippen molar-refractivity contribution in [3.63, 3.8) is 0 Å². The average Bonchev–Trinajstić information content (AvgIpc) is 2.90. The monoisotopic (exact) mass is 246 g/mol. The van der Waals surface area contributed by atoms with Crippen LogP contribution >= 0.6 is 0 Å². The second kappa shape index (κ2) is 5.89. The Morgan fingerprint density at radius 1 is 1.22 bits per heavy atom. The third-order valence-corrected chi connectivity index (χ3v) is 3.27. The van der Waals surface area contributed by atoms with Gasteiger partial charge in [0.1, 0.15) is 0 Å². The summed E-state index contributed by atoms with van der Waals surface area (Å²) in [5.74, 6) is 0.509. The van der Waals surface area contributed by atoms with Crippen LogP contribution in [-0.2, 0) is 0 Å². The van der Waals surface area contributed by atoms with Crippen LogP contribution in [0.15, 0.2) is 24.3 Å². The Morgan fingerprint density at radius 2 is 1.83 bits per heavy atom. The molecule has 3 heteroatoms. The standard InChI is InChI=1S/C15H22N2O/c1-12(2)11-16-15(18)13-5-7-14(8-6-13)17-9-3-4-10-17/h5-8,12H,3-4,9-11H2,1-2H3,(H,16,18). The topological polar surface area (TPSA) is 32.3 Å². The lowest BCUT2D eigenvalue weighted by Crippen LogP contribution is -2.27. The van der Waals surface area contributed by atoms with E-state index in [-0.39, 0.29) is 5.91 Å². The van der Waals surface area contributed by atoms with Gasteiger partial charge in [-0.2, -0.15) is 0 Å². The molecule has 0 radical (unpaired) electrons. The number of rotatable bonds is 4. The Kier molecular flexibility index (Phi) is 4.24. The van der Waals surface area contributed by atoms with Crippen LogP contribution in [0.5, 0.6) is 0 Å². The maximum absolute atomic E-state index is 11.9. The van der Waals surface area contributed by atoms with E-state index in [2.05, 4.69) is 36.2 Å². The Labute approximate surface area is 109 Å². The minimum Gasteiger partial charge on any atom is -0.372 e. The third-order valence-electron chi connectivity index (χ3n) is 3.27. The van der Waals surface area contributed by atoms with E-state index in [1.807, 2.05) is 12.1 Å². The minimum absolute atomic E-state index is 0.0247. The predicted molar refractivity (Wildman–Crippen MR) is 75.1 cm³/mol. The number of benzene rings is 1. The van der Waals surface area contributed by atoms with Crippen molar-refractivity contribution in [2.24, 2.45) is 5.92 Å². The van der Waals surface area contributed by atoms with E-state index in [9.17, 15) is 4.79 Å². The molecule has 0 unspecified atom stereocenters. The fraction of sp³-hybridized carbons (Fsp3) is 0.533. The van der Waals surface area contributed by atoms with Crippen LogP contribution in [0, 0.1) is 5.92 Å². The summed E-state index contributed by atoms with van der Waals surface area (Å²) in [5, 5.41) is 2.93. The maximum atomic E-state index is 11.9. The summed E-state index contributed by atoms with van der Waals surface area (Å²) in [4.78, 5) is 14.2. The summed E-state index contributed by atoms with van der Waals surface area (Å²) in [6, 6.07) is 7.94. The SMILES string of the molecule is CC(C)CNC(=O)c1ccc(N2CCCC2)cc1. The van der Waals surface area contributed by atoms with Gasteiger partial charge in [0.2, 0.25) is 0 Å². The summed E-state index contributed by atoms with van der Waals surface area (Å²) < 4.78 is 0. The maximum Gasteiger partial charge on any atom is 0.251 e. The molecule has 1 N–H and O–H groups in total. The highest BCUT2D eigenvalue weighted by Gasteiger charge is 2.12. The number of amides is 1. The zero-order chi connectivity index (χ0) is 13.0. The smallest absolute Gasteiger partial charge is 0.251 e. The van der Waals surface area contributed by atoms with Gasteiger partial charge in [-0.25, -0.2) is 0 Å². The first kappa shape index (κ1) is 12.9. The number of anilines is 1. The van der Waals surface area contributed by atoms with E-state index >= 15 is 0 Å². The molecule has 1 aliphatic heterocycles. The minimum atomic E-state index is 0.0247. The second-order valence-corrected chi connectivity index (χ2v) is 5.34. The van der Waals surface area contributed by atoms with E-state index in [1.165, 1.54) is 18.5 Å². The van der Waals surface area contributed by atoms with Gasteiger partial charge in [0, 0.05) is 30.9 Å². The van der Waals surface area contributed by atoms with Gasteiger partial charge in [-0.05, 0) is 43.0 Å². The van der Waals surface area contributed by atoms with Crippen molar-refractivity contribution >= 4 is 11.6 Å². The molecule has 0 aromatic heterocycles. The zero-order valence-corrected chi connectivity index (χ0v) is 11.3. The van der Waals surface area contributed by atoms with E-state index in [0.717, 1.165) is 25.2 Å². The lowest BCUT2D eigenvalue weighted by atomic mass is 10.1. The first-order chi connectivity index (χ1) is 8.66. The third kappa shape index (κ3) is 3.25. The largest absolute Gasteiger partial charge is 0.372 e. The molecule has 98 valence electrons. The van der Waals surface area contributed by atoms with Crippen LogP contribution < -0.4 is 10.2 Å². The highest BCUT2D eigenvalue weighted by atomic mass is 16.1. The molecule has 3 nitrogen and oxygen atoms in total. The number of carbonyl (C=O) groups is 1. The van der Waals surface area contributed by atoms with Crippen LogP contribution in [0.3, 0.4) is 0 Å². The molecule has 0 aliphatic carbocycles. The molecule has 0 spiro atoms. The first-order valence-electron chi connectivity index (χ1n) is 6.80. The van der Waals surface area contributed by atoms with Crippen molar-refractivity contribution in [1.29, 1.82) is 0 Å². The van der Waals surface area contributed by atoms with Crippen LogP contribution in [-0.4, -0.2) is 25.5 Å². The zero-order valence-electron chi connectivity index (χ0n) is 11.3. The molecule has 1 heterocycles. The van der Waals surface area contributed by atoms with Gasteiger partial charge < -0.3 is 10.2 Å². The molecule has 1 fully saturated rings. The molecular formula is C15H22N2O. The van der Waals surface area contributed by atoms with Gasteiger partial charge in [0.05, 0.1) is 0 Å². The van der Waals surface area contributed by atoms with Gasteiger partial charge in [0.15, 0.2) is 0 Å². The number of carbonyl (C=O) groups excluding carboxylic acids is 1. The fourth-order valence-corrected chi connectivity index (χ4v) is 2.20. The van der Waals surface area contributed by atoms with Crippen LogP contribution in [0.25, 0.3) is 0 Å². The van der Waals surface area contributed by atoms with Crippen LogP contribution in [0.1, 0.15) is 37.0 Å². The first-order valence-corrected chi connectivity index (χ1v) is 6.80. The van der Waals surface area contributed by atoms with Crippen molar-refractivity contribution in [1.82, 2.24) is 5.32 Å². The van der Waals surface area contributed by atoms with Gasteiger partial charge in [0.25, 0.3) is 5.91 Å². The molecule has 0 saturated carbocycles. The van der Waals surface area contributed by atoms with Crippen molar-refractivity contribution in [2.45, 2.75) is 26.7 Å². The van der Waals surface area contributed by atoms with E-state index < -0.39 is 0 Å². The molecule has 1 aliphatic rings. The van der Waals surface area contributed by atoms with E-state index in [1.54, 1.807) is 0 Å². The lowest BCUT2D eigenvalue weighted by molar-refractivity contribution is 0.0949. The van der Waals surface area contributed by atoms with E-state index in [4.69, 9.17) is 0 Å². The Morgan fingerprint density at radius 3 is 2.39 bits per heavy atom. The summed E-state index contributed by atoms with van der Waals surface area (Å²) >= 11 is 0. The van der Waals surface area contributed by atoms with Crippen molar-refractivity contribution in [2.75, 3.05) is 24.5 Å². The molecule has 2 rings (SSSR count). The Balaban J connectivity index is 1.96. The lowest BCUT2D eigenvalue weighted by Gasteiger charge is -2.17. The molecule has 0 atom stereocenters. The summed E-state index contributed by atoms with van der Waals surface area (Å²) in [6.07, 6.45) is 2.55. The number of hydrogen-bond acceptors (Lipinski definition) is 2. The molecule has 1 saturated heterocycles. The Hall–Kier alpha value is -1.51. The molecule has 0 bridgehead atoms. The summed E-state index contributed by atoms with van der Waals surface area (Å²) in [7, 11) is 0. The molecular weight excluding hydrogens is 224 g/mol. The van der Waals surface area contributed by atoms with Gasteiger partial charge in [-0.1, -0.05) is 13.8 Å². The molecule has 18 heavy (non-hydrogen) atoms. The number of nitrogens with zero attached hydrogens (tertiary/aromatic N) is 1. The average molecular weight is 246 g/mol. The van der Waals surface area contributed by atoms with Crippen LogP contribution in [0.2, 0.25) is 0 Å². The van der Waals surface area contributed by atoms with Gasteiger partial charge in [-0.3, -0.25) is 4.79 Å². The van der Waals surface area contributed by atoms with E-state index in [0.29, 0.717) is 5.92 Å². The van der Waals surface area contributed by atoms with Crippen molar-refractivity contribution in [3.05, 3.63) is 29.8 Å². The highest BCUT2D eigenvalue weighted by Crippen LogP contribution is 2.20. The van der Waals surface area contributed by atoms with Crippen molar-refractivity contribution in [3.8, 4) is 0 Å². The van der Waals surface area contributed by atoms with Crippen molar-refractivity contribution < 1.29 is 4.79 Å². The fourth-order valence-electron chi connectivity index (χ4n) is 2.20. The molecule has 1 aromatic carbocycles. The van der Waals surface area contributed by atoms with Gasteiger partial charge >= 0.3 is 0 Å². The van der Waals surface area contributed by atoms with Crippen LogP contribution in [0.4, 0.5) is 5.69 Å². The number of nitrogens with one attached hydrogen (secondary N) is 1. The normalized spacial score (nSPS) is 15.2. The molecule has 1 aromatic rings. The Bertz CT molecular complexity index is 391. The highest BCUT2D eigenvalue weighted by molar-refractivity contribution is 5.94. The summed E-state index contributed by atoms with van der Waals surface area (Å²) in [5.41, 5.74) is 1.98.